The van der Waals surface area contributed by atoms with Crippen molar-refractivity contribution < 1.29 is 17.9 Å². The molecule has 0 bridgehead atoms. The number of nitrogens with zero attached hydrogens (tertiary/aromatic N) is 1. The number of hydrogen-bond acceptors (Lipinski definition) is 3. The zero-order valence-electron chi connectivity index (χ0n) is 11.7. The first-order valence-corrected chi connectivity index (χ1v) is 7.25. The van der Waals surface area contributed by atoms with Gasteiger partial charge in [0.1, 0.15) is 0 Å². The molecule has 21 heavy (non-hydrogen) atoms. The van der Waals surface area contributed by atoms with Gasteiger partial charge in [-0.3, -0.25) is 4.90 Å². The normalized spacial score (nSPS) is 26.3. The first-order chi connectivity index (χ1) is 10.0. The van der Waals surface area contributed by atoms with Gasteiger partial charge in [0.2, 0.25) is 0 Å². The molecule has 2 atom stereocenters. The molecule has 1 fully saturated rings. The van der Waals surface area contributed by atoms with Crippen molar-refractivity contribution in [1.82, 2.24) is 4.90 Å². The molecule has 6 heteroatoms. The predicted molar refractivity (Wildman–Crippen MR) is 72.6 cm³/mol. The van der Waals surface area contributed by atoms with Crippen LogP contribution in [0.5, 0.6) is 0 Å². The number of halogens is 3. The molecule has 0 spiro atoms. The van der Waals surface area contributed by atoms with Crippen LogP contribution in [-0.2, 0) is 17.5 Å². The maximum atomic E-state index is 13.1. The Labute approximate surface area is 121 Å². The number of hydrogen-bond donors (Lipinski definition) is 1. The summed E-state index contributed by atoms with van der Waals surface area (Å²) in [5.41, 5.74) is 6.36. The average molecular weight is 300 g/mol. The minimum Gasteiger partial charge on any atom is -0.377 e. The van der Waals surface area contributed by atoms with E-state index < -0.39 is 11.7 Å². The number of fused-ring (bicyclic) bond motifs is 1. The number of ether oxygens (including phenoxy) is 1. The quantitative estimate of drug-likeness (QED) is 0.933. The van der Waals surface area contributed by atoms with Crippen LogP contribution in [0.1, 0.15) is 35.6 Å². The number of benzene rings is 1. The fraction of sp³-hybridized carbons (Fsp3) is 0.600. The summed E-state index contributed by atoms with van der Waals surface area (Å²) in [7, 11) is 0. The highest BCUT2D eigenvalue weighted by Gasteiger charge is 2.40. The zero-order chi connectivity index (χ0) is 15.0. The molecule has 1 aromatic rings. The van der Waals surface area contributed by atoms with Crippen LogP contribution in [0.25, 0.3) is 0 Å². The average Bonchev–Trinajstić information content (AvgIpc) is 3.04. The van der Waals surface area contributed by atoms with Crippen molar-refractivity contribution in [3.05, 3.63) is 34.9 Å². The summed E-state index contributed by atoms with van der Waals surface area (Å²) >= 11 is 0. The third kappa shape index (κ3) is 2.80. The van der Waals surface area contributed by atoms with Gasteiger partial charge in [-0.1, -0.05) is 12.1 Å². The Morgan fingerprint density at radius 1 is 1.33 bits per heavy atom. The molecule has 0 saturated carbocycles. The van der Waals surface area contributed by atoms with Crippen LogP contribution in [0.4, 0.5) is 13.2 Å². The van der Waals surface area contributed by atoms with E-state index in [1.807, 2.05) is 4.90 Å². The standard InChI is InChI=1S/C15H19F3N2O/c16-15(17,18)13-5-1-4-11-12(13)9-20(14(11)7-19)8-10-3-2-6-21-10/h1,4-5,10,14H,2-3,6-9,19H2. The van der Waals surface area contributed by atoms with Gasteiger partial charge in [-0.25, -0.2) is 0 Å². The highest BCUT2D eigenvalue weighted by molar-refractivity contribution is 5.42. The second-order valence-electron chi connectivity index (χ2n) is 5.69. The molecule has 2 aliphatic rings. The summed E-state index contributed by atoms with van der Waals surface area (Å²) in [6.45, 7) is 2.01. The van der Waals surface area contributed by atoms with Gasteiger partial charge in [-0.15, -0.1) is 0 Å². The van der Waals surface area contributed by atoms with E-state index in [2.05, 4.69) is 0 Å². The van der Waals surface area contributed by atoms with E-state index in [1.54, 1.807) is 6.07 Å². The number of rotatable bonds is 3. The van der Waals surface area contributed by atoms with Crippen molar-refractivity contribution in [2.24, 2.45) is 5.73 Å². The van der Waals surface area contributed by atoms with E-state index in [-0.39, 0.29) is 12.1 Å². The first-order valence-electron chi connectivity index (χ1n) is 7.25. The van der Waals surface area contributed by atoms with Crippen molar-refractivity contribution in [2.75, 3.05) is 19.7 Å². The Morgan fingerprint density at radius 2 is 2.14 bits per heavy atom. The topological polar surface area (TPSA) is 38.5 Å². The molecule has 2 heterocycles. The summed E-state index contributed by atoms with van der Waals surface area (Å²) < 4.78 is 45.0. The molecule has 3 nitrogen and oxygen atoms in total. The molecule has 1 aromatic carbocycles. The predicted octanol–water partition coefficient (Wildman–Crippen LogP) is 2.70. The SMILES string of the molecule is NCC1c2cccc(C(F)(F)F)c2CN1CC1CCCO1. The van der Waals surface area contributed by atoms with Gasteiger partial charge in [0.25, 0.3) is 0 Å². The molecule has 2 aliphatic heterocycles. The van der Waals surface area contributed by atoms with Gasteiger partial charge >= 0.3 is 6.18 Å². The number of nitrogens with two attached hydrogens (primary N) is 1. The monoisotopic (exact) mass is 300 g/mol. The van der Waals surface area contributed by atoms with Crippen LogP contribution in [0, 0.1) is 0 Å². The third-order valence-corrected chi connectivity index (χ3v) is 4.36. The molecule has 3 rings (SSSR count). The molecular formula is C15H19F3N2O. The van der Waals surface area contributed by atoms with E-state index in [0.29, 0.717) is 30.8 Å². The maximum absolute atomic E-state index is 13.1. The summed E-state index contributed by atoms with van der Waals surface area (Å²) in [5, 5.41) is 0. The summed E-state index contributed by atoms with van der Waals surface area (Å²) in [6, 6.07) is 4.24. The van der Waals surface area contributed by atoms with Crippen molar-refractivity contribution in [1.29, 1.82) is 0 Å². The number of alkyl halides is 3. The van der Waals surface area contributed by atoms with E-state index in [1.165, 1.54) is 6.07 Å². The van der Waals surface area contributed by atoms with Crippen molar-refractivity contribution >= 4 is 0 Å². The maximum Gasteiger partial charge on any atom is 0.416 e. The minimum atomic E-state index is -4.32. The fourth-order valence-corrected chi connectivity index (χ4v) is 3.39. The molecule has 2 N–H and O–H groups in total. The Morgan fingerprint density at radius 3 is 2.76 bits per heavy atom. The molecule has 2 unspecified atom stereocenters. The van der Waals surface area contributed by atoms with Gasteiger partial charge < -0.3 is 10.5 Å². The highest BCUT2D eigenvalue weighted by Crippen LogP contribution is 2.41. The largest absolute Gasteiger partial charge is 0.416 e. The Bertz CT molecular complexity index is 512. The molecule has 0 aliphatic carbocycles. The van der Waals surface area contributed by atoms with Gasteiger partial charge in [-0.2, -0.15) is 13.2 Å². The lowest BCUT2D eigenvalue weighted by atomic mass is 9.99. The van der Waals surface area contributed by atoms with Crippen molar-refractivity contribution in [2.45, 2.75) is 37.7 Å². The minimum absolute atomic E-state index is 0.114. The van der Waals surface area contributed by atoms with E-state index in [0.717, 1.165) is 25.5 Å². The van der Waals surface area contributed by atoms with Gasteiger partial charge in [0.15, 0.2) is 0 Å². The van der Waals surface area contributed by atoms with Gasteiger partial charge in [-0.05, 0) is 30.0 Å². The van der Waals surface area contributed by atoms with Gasteiger partial charge in [0, 0.05) is 32.3 Å². The Kier molecular flexibility index (Phi) is 3.94. The van der Waals surface area contributed by atoms with E-state index in [9.17, 15) is 13.2 Å². The molecule has 116 valence electrons. The smallest absolute Gasteiger partial charge is 0.377 e. The zero-order valence-corrected chi connectivity index (χ0v) is 11.7. The van der Waals surface area contributed by atoms with Crippen LogP contribution in [0.2, 0.25) is 0 Å². The third-order valence-electron chi connectivity index (χ3n) is 4.36. The van der Waals surface area contributed by atoms with Crippen LogP contribution in [-0.4, -0.2) is 30.7 Å². The Balaban J connectivity index is 1.87. The first kappa shape index (κ1) is 14.8. The van der Waals surface area contributed by atoms with Crippen LogP contribution in [0.15, 0.2) is 18.2 Å². The second-order valence-corrected chi connectivity index (χ2v) is 5.69. The summed E-state index contributed by atoms with van der Waals surface area (Å²) in [6.07, 6.45) is -2.21. The van der Waals surface area contributed by atoms with Crippen LogP contribution in [0.3, 0.4) is 0 Å². The molecule has 0 radical (unpaired) electrons. The highest BCUT2D eigenvalue weighted by atomic mass is 19.4. The summed E-state index contributed by atoms with van der Waals surface area (Å²) in [5.74, 6) is 0. The lowest BCUT2D eigenvalue weighted by molar-refractivity contribution is -0.138. The Hall–Kier alpha value is -1.11. The second kappa shape index (κ2) is 5.59. The van der Waals surface area contributed by atoms with Crippen LogP contribution >= 0.6 is 0 Å². The van der Waals surface area contributed by atoms with Crippen LogP contribution < -0.4 is 5.73 Å². The molecule has 0 amide bonds. The molecular weight excluding hydrogens is 281 g/mol. The summed E-state index contributed by atoms with van der Waals surface area (Å²) in [4.78, 5) is 2.02. The fourth-order valence-electron chi connectivity index (χ4n) is 3.39. The van der Waals surface area contributed by atoms with E-state index >= 15 is 0 Å². The van der Waals surface area contributed by atoms with Gasteiger partial charge in [0.05, 0.1) is 11.7 Å². The molecule has 1 saturated heterocycles. The lowest BCUT2D eigenvalue weighted by Gasteiger charge is -2.26. The van der Waals surface area contributed by atoms with Crippen molar-refractivity contribution in [3.63, 3.8) is 0 Å². The van der Waals surface area contributed by atoms with Crippen molar-refractivity contribution in [3.8, 4) is 0 Å². The van der Waals surface area contributed by atoms with E-state index in [4.69, 9.17) is 10.5 Å². The lowest BCUT2D eigenvalue weighted by Crippen LogP contribution is -2.34. The molecule has 0 aromatic heterocycles.